The van der Waals surface area contributed by atoms with E-state index >= 15 is 0 Å². The Balaban J connectivity index is 1.40. The standard InChI is InChI=1S/C22H20N6O2/c1-14-18-20(28(26-14)17-10-6-3-7-11-17)24-19(25-21(18)29)15-12-27(13-15)22(30)23-16-8-4-2-5-9-16/h2-11,15H,12-13H2,1H3,(H,23,30)(H,24,25,29). The van der Waals surface area contributed by atoms with Gasteiger partial charge in [-0.2, -0.15) is 5.10 Å². The maximum absolute atomic E-state index is 12.7. The monoisotopic (exact) mass is 400 g/mol. The zero-order chi connectivity index (χ0) is 20.7. The number of likely N-dealkylation sites (tertiary alicyclic amines) is 1. The molecule has 1 saturated heterocycles. The van der Waals surface area contributed by atoms with E-state index in [9.17, 15) is 9.59 Å². The summed E-state index contributed by atoms with van der Waals surface area (Å²) in [7, 11) is 0. The quantitative estimate of drug-likeness (QED) is 0.552. The number of amides is 2. The van der Waals surface area contributed by atoms with Crippen LogP contribution in [-0.4, -0.2) is 43.8 Å². The number of anilines is 1. The molecule has 2 aromatic heterocycles. The summed E-state index contributed by atoms with van der Waals surface area (Å²) in [6.45, 7) is 2.79. The fourth-order valence-corrected chi connectivity index (χ4v) is 3.69. The van der Waals surface area contributed by atoms with E-state index < -0.39 is 0 Å². The molecule has 1 aliphatic rings. The van der Waals surface area contributed by atoms with Crippen LogP contribution < -0.4 is 10.9 Å². The fraction of sp³-hybridized carbons (Fsp3) is 0.182. The van der Waals surface area contributed by atoms with Gasteiger partial charge in [0.05, 0.1) is 17.3 Å². The number of aromatic amines is 1. The van der Waals surface area contributed by atoms with E-state index in [1.807, 2.05) is 60.7 Å². The highest BCUT2D eigenvalue weighted by Gasteiger charge is 2.34. The first-order chi connectivity index (χ1) is 14.6. The number of H-pyrrole nitrogens is 1. The van der Waals surface area contributed by atoms with Crippen LogP contribution in [0.25, 0.3) is 16.7 Å². The second-order valence-corrected chi connectivity index (χ2v) is 7.38. The molecule has 0 bridgehead atoms. The minimum Gasteiger partial charge on any atom is -0.323 e. The molecule has 0 aliphatic carbocycles. The lowest BCUT2D eigenvalue weighted by atomic mass is 9.99. The van der Waals surface area contributed by atoms with Crippen LogP contribution in [0.1, 0.15) is 17.4 Å². The van der Waals surface area contributed by atoms with Crippen molar-refractivity contribution in [1.29, 1.82) is 0 Å². The van der Waals surface area contributed by atoms with Crippen molar-refractivity contribution < 1.29 is 4.79 Å². The number of carbonyl (C=O) groups excluding carboxylic acids is 1. The molecule has 2 aromatic carbocycles. The lowest BCUT2D eigenvalue weighted by Crippen LogP contribution is -2.51. The number of para-hydroxylation sites is 2. The summed E-state index contributed by atoms with van der Waals surface area (Å²) >= 11 is 0. The van der Waals surface area contributed by atoms with Gasteiger partial charge in [0, 0.05) is 18.8 Å². The van der Waals surface area contributed by atoms with Crippen LogP contribution in [0.15, 0.2) is 65.5 Å². The topological polar surface area (TPSA) is 95.9 Å². The van der Waals surface area contributed by atoms with Crippen LogP contribution in [0, 0.1) is 6.92 Å². The lowest BCUT2D eigenvalue weighted by molar-refractivity contribution is 0.161. The third-order valence-corrected chi connectivity index (χ3v) is 5.31. The highest BCUT2D eigenvalue weighted by molar-refractivity contribution is 5.90. The van der Waals surface area contributed by atoms with Gasteiger partial charge in [0.15, 0.2) is 5.65 Å². The minimum atomic E-state index is -0.207. The number of rotatable bonds is 3. The van der Waals surface area contributed by atoms with Crippen LogP contribution in [-0.2, 0) is 0 Å². The summed E-state index contributed by atoms with van der Waals surface area (Å²) in [5.74, 6) is 0.552. The number of hydrogen-bond acceptors (Lipinski definition) is 4. The van der Waals surface area contributed by atoms with Crippen LogP contribution in [0.3, 0.4) is 0 Å². The first kappa shape index (κ1) is 18.1. The highest BCUT2D eigenvalue weighted by atomic mass is 16.2. The molecule has 0 saturated carbocycles. The van der Waals surface area contributed by atoms with Crippen molar-refractivity contribution in [2.45, 2.75) is 12.8 Å². The molecule has 4 aromatic rings. The van der Waals surface area contributed by atoms with Gasteiger partial charge in [-0.15, -0.1) is 0 Å². The van der Waals surface area contributed by atoms with Gasteiger partial charge in [-0.3, -0.25) is 4.79 Å². The Morgan fingerprint density at radius 1 is 1.07 bits per heavy atom. The van der Waals surface area contributed by atoms with Crippen LogP contribution in [0.2, 0.25) is 0 Å². The van der Waals surface area contributed by atoms with Crippen LogP contribution in [0.5, 0.6) is 0 Å². The van der Waals surface area contributed by atoms with Gasteiger partial charge < -0.3 is 15.2 Å². The van der Waals surface area contributed by atoms with E-state index in [4.69, 9.17) is 4.98 Å². The summed E-state index contributed by atoms with van der Waals surface area (Å²) in [4.78, 5) is 34.4. The SMILES string of the molecule is Cc1nn(-c2ccccc2)c2nc(C3CN(C(=O)Nc4ccccc4)C3)[nH]c(=O)c12. The van der Waals surface area contributed by atoms with Gasteiger partial charge in [-0.25, -0.2) is 14.5 Å². The number of urea groups is 1. The van der Waals surface area contributed by atoms with Gasteiger partial charge in [0.25, 0.3) is 5.56 Å². The minimum absolute atomic E-state index is 0.0250. The molecule has 8 heteroatoms. The first-order valence-electron chi connectivity index (χ1n) is 9.76. The average Bonchev–Trinajstić information content (AvgIpc) is 3.05. The van der Waals surface area contributed by atoms with Crippen LogP contribution in [0.4, 0.5) is 10.5 Å². The molecular weight excluding hydrogens is 380 g/mol. The Bertz CT molecular complexity index is 1270. The van der Waals surface area contributed by atoms with Gasteiger partial charge in [-0.1, -0.05) is 36.4 Å². The molecular formula is C22H20N6O2. The molecule has 0 spiro atoms. The van der Waals surface area contributed by atoms with E-state index in [1.165, 1.54) is 0 Å². The predicted molar refractivity (Wildman–Crippen MR) is 114 cm³/mol. The van der Waals surface area contributed by atoms with E-state index in [2.05, 4.69) is 15.4 Å². The van der Waals surface area contributed by atoms with E-state index in [1.54, 1.807) is 16.5 Å². The molecule has 3 heterocycles. The molecule has 0 radical (unpaired) electrons. The normalized spacial score (nSPS) is 14.0. The van der Waals surface area contributed by atoms with Crippen LogP contribution >= 0.6 is 0 Å². The molecule has 150 valence electrons. The zero-order valence-electron chi connectivity index (χ0n) is 16.4. The van der Waals surface area contributed by atoms with Gasteiger partial charge in [0.1, 0.15) is 11.2 Å². The third kappa shape index (κ3) is 3.12. The van der Waals surface area contributed by atoms with Crippen molar-refractivity contribution in [3.8, 4) is 5.69 Å². The summed E-state index contributed by atoms with van der Waals surface area (Å²) in [5.41, 5.74) is 2.55. The third-order valence-electron chi connectivity index (χ3n) is 5.31. The Hall–Kier alpha value is -3.94. The molecule has 30 heavy (non-hydrogen) atoms. The maximum atomic E-state index is 12.7. The molecule has 2 N–H and O–H groups in total. The van der Waals surface area contributed by atoms with Gasteiger partial charge >= 0.3 is 6.03 Å². The number of aryl methyl sites for hydroxylation is 1. The van der Waals surface area contributed by atoms with Gasteiger partial charge in [-0.05, 0) is 31.2 Å². The van der Waals surface area contributed by atoms with Gasteiger partial charge in [0.2, 0.25) is 0 Å². The fourth-order valence-electron chi connectivity index (χ4n) is 3.69. The van der Waals surface area contributed by atoms with E-state index in [-0.39, 0.29) is 17.5 Å². The van der Waals surface area contributed by atoms with Crippen molar-refractivity contribution in [1.82, 2.24) is 24.6 Å². The number of aromatic nitrogens is 4. The molecule has 2 amide bonds. The Labute approximate surface area is 172 Å². The summed E-state index contributed by atoms with van der Waals surface area (Å²) < 4.78 is 1.70. The van der Waals surface area contributed by atoms with E-state index in [0.717, 1.165) is 11.4 Å². The molecule has 0 atom stereocenters. The number of nitrogens with zero attached hydrogens (tertiary/aromatic N) is 4. The first-order valence-corrected chi connectivity index (χ1v) is 9.76. The highest BCUT2D eigenvalue weighted by Crippen LogP contribution is 2.26. The molecule has 1 aliphatic heterocycles. The second kappa shape index (κ2) is 7.14. The van der Waals surface area contributed by atoms with E-state index in [0.29, 0.717) is 35.6 Å². The molecule has 0 unspecified atom stereocenters. The molecule has 1 fully saturated rings. The summed E-state index contributed by atoms with van der Waals surface area (Å²) in [6, 6.07) is 18.8. The Kier molecular flexibility index (Phi) is 4.31. The molecule has 8 nitrogen and oxygen atoms in total. The molecule has 5 rings (SSSR count). The summed E-state index contributed by atoms with van der Waals surface area (Å²) in [5, 5.41) is 7.87. The Morgan fingerprint density at radius 2 is 1.73 bits per heavy atom. The van der Waals surface area contributed by atoms with Crippen molar-refractivity contribution in [2.75, 3.05) is 18.4 Å². The van der Waals surface area contributed by atoms with Crippen molar-refractivity contribution in [2.24, 2.45) is 0 Å². The van der Waals surface area contributed by atoms with Crippen molar-refractivity contribution in [3.05, 3.63) is 82.5 Å². The Morgan fingerprint density at radius 3 is 2.43 bits per heavy atom. The predicted octanol–water partition coefficient (Wildman–Crippen LogP) is 3.05. The lowest BCUT2D eigenvalue weighted by Gasteiger charge is -2.38. The average molecular weight is 400 g/mol. The number of fused-ring (bicyclic) bond motifs is 1. The number of benzene rings is 2. The number of hydrogen-bond donors (Lipinski definition) is 2. The van der Waals surface area contributed by atoms with Crippen molar-refractivity contribution >= 4 is 22.8 Å². The number of nitrogens with one attached hydrogen (secondary N) is 2. The largest absolute Gasteiger partial charge is 0.323 e. The second-order valence-electron chi connectivity index (χ2n) is 7.38. The smallest absolute Gasteiger partial charge is 0.321 e. The maximum Gasteiger partial charge on any atom is 0.321 e. The van der Waals surface area contributed by atoms with Crippen molar-refractivity contribution in [3.63, 3.8) is 0 Å². The number of carbonyl (C=O) groups is 1. The zero-order valence-corrected chi connectivity index (χ0v) is 16.4. The summed E-state index contributed by atoms with van der Waals surface area (Å²) in [6.07, 6.45) is 0.